The van der Waals surface area contributed by atoms with Gasteiger partial charge in [-0.1, -0.05) is 6.07 Å². The Hall–Kier alpha value is -2.36. The first kappa shape index (κ1) is 13.6. The fourth-order valence-electron chi connectivity index (χ4n) is 3.03. The minimum absolute atomic E-state index is 0.140. The standard InChI is InChI=1S/C17H17NO3/c1-20-15-8-12(10-19)14(9-16(15)21-2)13-6-5-11-4-3-7-18-17(11)13/h3-4,7-10,13H,5-6H2,1-2H3. The van der Waals surface area contributed by atoms with Gasteiger partial charge in [-0.05, 0) is 42.2 Å². The first-order chi connectivity index (χ1) is 10.3. The van der Waals surface area contributed by atoms with Crippen LogP contribution >= 0.6 is 0 Å². The van der Waals surface area contributed by atoms with E-state index < -0.39 is 0 Å². The van der Waals surface area contributed by atoms with Gasteiger partial charge in [-0.25, -0.2) is 0 Å². The zero-order valence-electron chi connectivity index (χ0n) is 12.1. The molecule has 0 amide bonds. The molecule has 0 N–H and O–H groups in total. The Kier molecular flexibility index (Phi) is 3.60. The van der Waals surface area contributed by atoms with Gasteiger partial charge in [-0.3, -0.25) is 9.78 Å². The molecule has 0 radical (unpaired) electrons. The van der Waals surface area contributed by atoms with Crippen molar-refractivity contribution in [3.8, 4) is 11.5 Å². The van der Waals surface area contributed by atoms with Crippen molar-refractivity contribution in [2.24, 2.45) is 0 Å². The summed E-state index contributed by atoms with van der Waals surface area (Å²) in [4.78, 5) is 15.9. The van der Waals surface area contributed by atoms with Crippen molar-refractivity contribution in [1.82, 2.24) is 4.98 Å². The maximum absolute atomic E-state index is 11.4. The van der Waals surface area contributed by atoms with Gasteiger partial charge in [0.25, 0.3) is 0 Å². The Morgan fingerprint density at radius 1 is 1.24 bits per heavy atom. The Bertz CT molecular complexity index is 682. The number of fused-ring (bicyclic) bond motifs is 1. The van der Waals surface area contributed by atoms with Crippen LogP contribution in [0.25, 0.3) is 0 Å². The zero-order valence-corrected chi connectivity index (χ0v) is 12.1. The van der Waals surface area contributed by atoms with Crippen molar-refractivity contribution in [1.29, 1.82) is 0 Å². The Labute approximate surface area is 123 Å². The zero-order chi connectivity index (χ0) is 14.8. The maximum Gasteiger partial charge on any atom is 0.161 e. The first-order valence-corrected chi connectivity index (χ1v) is 6.93. The predicted molar refractivity (Wildman–Crippen MR) is 79.3 cm³/mol. The molecule has 1 aliphatic rings. The number of methoxy groups -OCH3 is 2. The van der Waals surface area contributed by atoms with Crippen molar-refractivity contribution in [2.75, 3.05) is 14.2 Å². The number of hydrogen-bond acceptors (Lipinski definition) is 4. The molecule has 0 saturated heterocycles. The second kappa shape index (κ2) is 5.56. The molecule has 4 nitrogen and oxygen atoms in total. The van der Waals surface area contributed by atoms with Crippen molar-refractivity contribution in [3.63, 3.8) is 0 Å². The Morgan fingerprint density at radius 3 is 2.71 bits per heavy atom. The first-order valence-electron chi connectivity index (χ1n) is 6.93. The predicted octanol–water partition coefficient (Wildman–Crippen LogP) is 2.99. The molecule has 3 rings (SSSR count). The third kappa shape index (κ3) is 2.27. The van der Waals surface area contributed by atoms with Gasteiger partial charge < -0.3 is 9.47 Å². The van der Waals surface area contributed by atoms with E-state index >= 15 is 0 Å². The van der Waals surface area contributed by atoms with Gasteiger partial charge in [-0.15, -0.1) is 0 Å². The van der Waals surface area contributed by atoms with Crippen molar-refractivity contribution >= 4 is 6.29 Å². The van der Waals surface area contributed by atoms with Gasteiger partial charge in [0.15, 0.2) is 11.5 Å². The topological polar surface area (TPSA) is 48.4 Å². The van der Waals surface area contributed by atoms with Crippen LogP contribution in [0.5, 0.6) is 11.5 Å². The highest BCUT2D eigenvalue weighted by Gasteiger charge is 2.28. The number of nitrogens with zero attached hydrogens (tertiary/aromatic N) is 1. The molecule has 1 aromatic carbocycles. The van der Waals surface area contributed by atoms with Gasteiger partial charge in [0.2, 0.25) is 0 Å². The van der Waals surface area contributed by atoms with Crippen LogP contribution in [0.4, 0.5) is 0 Å². The van der Waals surface area contributed by atoms with E-state index in [2.05, 4.69) is 11.1 Å². The number of ether oxygens (including phenoxy) is 2. The number of carbonyl (C=O) groups is 1. The van der Waals surface area contributed by atoms with E-state index in [1.54, 1.807) is 26.5 Å². The van der Waals surface area contributed by atoms with E-state index in [4.69, 9.17) is 9.47 Å². The second-order valence-corrected chi connectivity index (χ2v) is 5.09. The molecule has 2 aromatic rings. The summed E-state index contributed by atoms with van der Waals surface area (Å²) < 4.78 is 10.6. The average molecular weight is 283 g/mol. The number of aromatic nitrogens is 1. The van der Waals surface area contributed by atoms with Crippen molar-refractivity contribution in [2.45, 2.75) is 18.8 Å². The highest BCUT2D eigenvalue weighted by atomic mass is 16.5. The number of pyridine rings is 1. The number of aryl methyl sites for hydroxylation is 1. The fourth-order valence-corrected chi connectivity index (χ4v) is 3.03. The summed E-state index contributed by atoms with van der Waals surface area (Å²) in [5.41, 5.74) is 3.92. The molecule has 0 saturated carbocycles. The lowest BCUT2D eigenvalue weighted by molar-refractivity contribution is 0.112. The summed E-state index contributed by atoms with van der Waals surface area (Å²) in [6, 6.07) is 7.69. The van der Waals surface area contributed by atoms with Gasteiger partial charge in [0.1, 0.15) is 6.29 Å². The molecule has 1 atom stereocenters. The third-order valence-corrected chi connectivity index (χ3v) is 4.05. The molecule has 1 heterocycles. The van der Waals surface area contributed by atoms with Crippen LogP contribution in [0.3, 0.4) is 0 Å². The van der Waals surface area contributed by atoms with E-state index in [0.29, 0.717) is 17.1 Å². The molecule has 108 valence electrons. The van der Waals surface area contributed by atoms with Crippen molar-refractivity contribution < 1.29 is 14.3 Å². The molecule has 0 spiro atoms. The van der Waals surface area contributed by atoms with E-state index in [1.165, 1.54) is 5.56 Å². The quantitative estimate of drug-likeness (QED) is 0.809. The SMILES string of the molecule is COc1cc(C=O)c(C2CCc3cccnc32)cc1OC. The van der Waals surface area contributed by atoms with Crippen LogP contribution in [0.1, 0.15) is 39.5 Å². The summed E-state index contributed by atoms with van der Waals surface area (Å²) >= 11 is 0. The van der Waals surface area contributed by atoms with Gasteiger partial charge in [0.05, 0.1) is 19.9 Å². The molecule has 4 heteroatoms. The number of rotatable bonds is 4. The van der Waals surface area contributed by atoms with E-state index in [1.807, 2.05) is 12.1 Å². The molecular formula is C17H17NO3. The Balaban J connectivity index is 2.12. The lowest BCUT2D eigenvalue weighted by Gasteiger charge is -2.17. The lowest BCUT2D eigenvalue weighted by Crippen LogP contribution is -2.04. The second-order valence-electron chi connectivity index (χ2n) is 5.09. The summed E-state index contributed by atoms with van der Waals surface area (Å²) in [5.74, 6) is 1.35. The monoisotopic (exact) mass is 283 g/mol. The van der Waals surface area contributed by atoms with Crippen LogP contribution in [-0.4, -0.2) is 25.5 Å². The largest absolute Gasteiger partial charge is 0.493 e. The van der Waals surface area contributed by atoms with E-state index in [-0.39, 0.29) is 5.92 Å². The molecule has 1 aromatic heterocycles. The smallest absolute Gasteiger partial charge is 0.161 e. The number of hydrogen-bond donors (Lipinski definition) is 0. The molecule has 21 heavy (non-hydrogen) atoms. The summed E-state index contributed by atoms with van der Waals surface area (Å²) in [5, 5.41) is 0. The minimum atomic E-state index is 0.140. The van der Waals surface area contributed by atoms with Crippen LogP contribution in [0, 0.1) is 0 Å². The molecular weight excluding hydrogens is 266 g/mol. The lowest BCUT2D eigenvalue weighted by atomic mass is 9.92. The normalized spacial score (nSPS) is 16.4. The highest BCUT2D eigenvalue weighted by molar-refractivity contribution is 5.80. The van der Waals surface area contributed by atoms with Crippen LogP contribution in [0.2, 0.25) is 0 Å². The van der Waals surface area contributed by atoms with Crippen LogP contribution in [-0.2, 0) is 6.42 Å². The number of aldehydes is 1. The van der Waals surface area contributed by atoms with E-state index in [0.717, 1.165) is 30.4 Å². The maximum atomic E-state index is 11.4. The van der Waals surface area contributed by atoms with Crippen LogP contribution < -0.4 is 9.47 Å². The fraction of sp³-hybridized carbons (Fsp3) is 0.294. The summed E-state index contributed by atoms with van der Waals surface area (Å²) in [7, 11) is 3.17. The number of benzene rings is 1. The Morgan fingerprint density at radius 2 is 2.00 bits per heavy atom. The minimum Gasteiger partial charge on any atom is -0.493 e. The molecule has 1 aliphatic carbocycles. The molecule has 0 aliphatic heterocycles. The van der Waals surface area contributed by atoms with Gasteiger partial charge >= 0.3 is 0 Å². The van der Waals surface area contributed by atoms with Gasteiger partial charge in [-0.2, -0.15) is 0 Å². The molecule has 0 bridgehead atoms. The highest BCUT2D eigenvalue weighted by Crippen LogP contribution is 2.41. The third-order valence-electron chi connectivity index (χ3n) is 4.05. The molecule has 0 fully saturated rings. The number of carbonyl (C=O) groups excluding carboxylic acids is 1. The molecule has 1 unspecified atom stereocenters. The van der Waals surface area contributed by atoms with Gasteiger partial charge in [0, 0.05) is 17.7 Å². The van der Waals surface area contributed by atoms with Crippen LogP contribution in [0.15, 0.2) is 30.5 Å². The summed E-state index contributed by atoms with van der Waals surface area (Å²) in [6.45, 7) is 0. The summed E-state index contributed by atoms with van der Waals surface area (Å²) in [6.07, 6.45) is 4.62. The van der Waals surface area contributed by atoms with Crippen molar-refractivity contribution in [3.05, 3.63) is 52.8 Å². The average Bonchev–Trinajstić information content (AvgIpc) is 2.97. The van der Waals surface area contributed by atoms with E-state index in [9.17, 15) is 4.79 Å².